The van der Waals surface area contributed by atoms with E-state index in [1.54, 1.807) is 0 Å². The molecule has 0 spiro atoms. The number of benzene rings is 2. The minimum atomic E-state index is 0.0580. The number of carbonyl (C=O) groups is 1. The lowest BCUT2D eigenvalue weighted by molar-refractivity contribution is 0.0751. The van der Waals surface area contributed by atoms with Crippen molar-refractivity contribution < 1.29 is 14.3 Å². The highest BCUT2D eigenvalue weighted by atomic mass is 16.7. The van der Waals surface area contributed by atoms with Gasteiger partial charge in [-0.15, -0.1) is 0 Å². The summed E-state index contributed by atoms with van der Waals surface area (Å²) in [6.45, 7) is 7.48. The molecule has 0 fully saturated rings. The predicted molar refractivity (Wildman–Crippen MR) is 88.9 cm³/mol. The fourth-order valence-electron chi connectivity index (χ4n) is 2.81. The third-order valence-electron chi connectivity index (χ3n) is 4.09. The van der Waals surface area contributed by atoms with Gasteiger partial charge in [-0.3, -0.25) is 4.79 Å². The molecule has 1 aliphatic rings. The molecule has 0 atom stereocenters. The van der Waals surface area contributed by atoms with Crippen molar-refractivity contribution in [3.63, 3.8) is 0 Å². The van der Waals surface area contributed by atoms with Crippen LogP contribution in [0, 0.1) is 13.8 Å². The molecule has 0 saturated carbocycles. The summed E-state index contributed by atoms with van der Waals surface area (Å²) < 4.78 is 10.7. The highest BCUT2D eigenvalue weighted by molar-refractivity contribution is 5.95. The van der Waals surface area contributed by atoms with Gasteiger partial charge < -0.3 is 14.4 Å². The average Bonchev–Trinajstić information content (AvgIpc) is 2.99. The Balaban J connectivity index is 1.80. The highest BCUT2D eigenvalue weighted by Gasteiger charge is 2.18. The van der Waals surface area contributed by atoms with Crippen LogP contribution in [0.25, 0.3) is 0 Å². The van der Waals surface area contributed by atoms with Gasteiger partial charge in [-0.2, -0.15) is 0 Å². The van der Waals surface area contributed by atoms with E-state index in [9.17, 15) is 4.79 Å². The van der Waals surface area contributed by atoms with Crippen LogP contribution in [0.2, 0.25) is 0 Å². The molecule has 0 N–H and O–H groups in total. The number of ether oxygens (including phenoxy) is 2. The van der Waals surface area contributed by atoms with Crippen LogP contribution in [0.1, 0.15) is 34.0 Å². The Morgan fingerprint density at radius 2 is 1.87 bits per heavy atom. The van der Waals surface area contributed by atoms with Gasteiger partial charge in [0.1, 0.15) is 0 Å². The van der Waals surface area contributed by atoms with Crippen LogP contribution < -0.4 is 9.47 Å². The number of carbonyl (C=O) groups excluding carboxylic acids is 1. The Kier molecular flexibility index (Phi) is 4.24. The fraction of sp³-hybridized carbons (Fsp3) is 0.316. The first-order valence-electron chi connectivity index (χ1n) is 7.83. The molecule has 0 aliphatic carbocycles. The highest BCUT2D eigenvalue weighted by Crippen LogP contribution is 2.32. The van der Waals surface area contributed by atoms with Gasteiger partial charge in [0.2, 0.25) is 6.79 Å². The maximum atomic E-state index is 12.8. The number of hydrogen-bond donors (Lipinski definition) is 0. The average molecular weight is 311 g/mol. The van der Waals surface area contributed by atoms with Crippen LogP contribution in [0.15, 0.2) is 36.4 Å². The topological polar surface area (TPSA) is 38.8 Å². The quantitative estimate of drug-likeness (QED) is 0.864. The van der Waals surface area contributed by atoms with Gasteiger partial charge in [0.15, 0.2) is 11.5 Å². The molecule has 120 valence electrons. The Morgan fingerprint density at radius 3 is 2.61 bits per heavy atom. The number of hydrogen-bond acceptors (Lipinski definition) is 3. The zero-order valence-corrected chi connectivity index (χ0v) is 13.8. The number of rotatable bonds is 4. The summed E-state index contributed by atoms with van der Waals surface area (Å²) in [6, 6.07) is 11.8. The van der Waals surface area contributed by atoms with Crippen molar-refractivity contribution in [2.45, 2.75) is 27.3 Å². The normalized spacial score (nSPS) is 12.3. The summed E-state index contributed by atoms with van der Waals surface area (Å²) in [5.41, 5.74) is 3.98. The van der Waals surface area contributed by atoms with Crippen molar-refractivity contribution in [1.82, 2.24) is 4.90 Å². The van der Waals surface area contributed by atoms with Crippen molar-refractivity contribution in [1.29, 1.82) is 0 Å². The minimum Gasteiger partial charge on any atom is -0.454 e. The van der Waals surface area contributed by atoms with E-state index in [1.807, 2.05) is 62.1 Å². The second-order valence-corrected chi connectivity index (χ2v) is 5.83. The molecule has 0 bridgehead atoms. The molecule has 1 heterocycles. The lowest BCUT2D eigenvalue weighted by atomic mass is 10.0. The molecule has 0 saturated heterocycles. The Morgan fingerprint density at radius 1 is 1.09 bits per heavy atom. The Bertz CT molecular complexity index is 739. The van der Waals surface area contributed by atoms with Crippen LogP contribution in [0.3, 0.4) is 0 Å². The molecule has 0 unspecified atom stereocenters. The standard InChI is InChI=1S/C19H21NO3/c1-4-20(19(21)16-7-5-13(2)9-14(16)3)11-15-6-8-17-18(10-15)23-12-22-17/h5-10H,4,11-12H2,1-3H3. The lowest BCUT2D eigenvalue weighted by Gasteiger charge is -2.22. The molecule has 0 aromatic heterocycles. The molecule has 4 nitrogen and oxygen atoms in total. The van der Waals surface area contributed by atoms with Crippen LogP contribution in [0.5, 0.6) is 11.5 Å². The van der Waals surface area contributed by atoms with E-state index in [0.717, 1.165) is 33.8 Å². The Labute approximate surface area is 136 Å². The van der Waals surface area contributed by atoms with E-state index in [1.165, 1.54) is 0 Å². The van der Waals surface area contributed by atoms with Gasteiger partial charge in [-0.1, -0.05) is 23.8 Å². The Hall–Kier alpha value is -2.49. The predicted octanol–water partition coefficient (Wildman–Crippen LogP) is 3.69. The fourth-order valence-corrected chi connectivity index (χ4v) is 2.81. The molecule has 23 heavy (non-hydrogen) atoms. The maximum Gasteiger partial charge on any atom is 0.254 e. The van der Waals surface area contributed by atoms with Gasteiger partial charge in [0.05, 0.1) is 0 Å². The van der Waals surface area contributed by atoms with E-state index < -0.39 is 0 Å². The van der Waals surface area contributed by atoms with Crippen molar-refractivity contribution in [2.75, 3.05) is 13.3 Å². The summed E-state index contributed by atoms with van der Waals surface area (Å²) in [5, 5.41) is 0. The number of fused-ring (bicyclic) bond motifs is 1. The first kappa shape index (κ1) is 15.4. The van der Waals surface area contributed by atoms with Crippen molar-refractivity contribution >= 4 is 5.91 Å². The minimum absolute atomic E-state index is 0.0580. The van der Waals surface area contributed by atoms with Gasteiger partial charge in [-0.25, -0.2) is 0 Å². The smallest absolute Gasteiger partial charge is 0.254 e. The first-order valence-corrected chi connectivity index (χ1v) is 7.83. The lowest BCUT2D eigenvalue weighted by Crippen LogP contribution is -2.30. The zero-order chi connectivity index (χ0) is 16.4. The summed E-state index contributed by atoms with van der Waals surface area (Å²) in [7, 11) is 0. The largest absolute Gasteiger partial charge is 0.454 e. The molecule has 2 aromatic carbocycles. The zero-order valence-electron chi connectivity index (χ0n) is 13.8. The first-order chi connectivity index (χ1) is 11.1. The maximum absolute atomic E-state index is 12.8. The SMILES string of the molecule is CCN(Cc1ccc2c(c1)OCO2)C(=O)c1ccc(C)cc1C. The van der Waals surface area contributed by atoms with Crippen molar-refractivity contribution in [2.24, 2.45) is 0 Å². The molecular formula is C19H21NO3. The van der Waals surface area contributed by atoms with Crippen LogP contribution >= 0.6 is 0 Å². The second-order valence-electron chi connectivity index (χ2n) is 5.83. The summed E-state index contributed by atoms with van der Waals surface area (Å²) in [5.74, 6) is 1.57. The number of nitrogens with zero attached hydrogens (tertiary/aromatic N) is 1. The number of aryl methyl sites for hydroxylation is 2. The van der Waals surface area contributed by atoms with Gasteiger partial charge in [-0.05, 0) is 50.1 Å². The van der Waals surface area contributed by atoms with E-state index >= 15 is 0 Å². The third kappa shape index (κ3) is 3.16. The molecule has 0 radical (unpaired) electrons. The summed E-state index contributed by atoms with van der Waals surface area (Å²) in [4.78, 5) is 14.7. The summed E-state index contributed by atoms with van der Waals surface area (Å²) >= 11 is 0. The molecule has 2 aromatic rings. The number of amides is 1. The van der Waals surface area contributed by atoms with Crippen molar-refractivity contribution in [3.05, 3.63) is 58.7 Å². The third-order valence-corrected chi connectivity index (χ3v) is 4.09. The molecule has 1 aliphatic heterocycles. The summed E-state index contributed by atoms with van der Waals surface area (Å²) in [6.07, 6.45) is 0. The van der Waals surface area contributed by atoms with E-state index in [2.05, 4.69) is 0 Å². The molecular weight excluding hydrogens is 290 g/mol. The van der Waals surface area contributed by atoms with Crippen molar-refractivity contribution in [3.8, 4) is 11.5 Å². The molecule has 4 heteroatoms. The van der Waals surface area contributed by atoms with E-state index in [4.69, 9.17) is 9.47 Å². The second kappa shape index (κ2) is 6.32. The van der Waals surface area contributed by atoms with E-state index in [-0.39, 0.29) is 12.7 Å². The van der Waals surface area contributed by atoms with Gasteiger partial charge in [0, 0.05) is 18.7 Å². The van der Waals surface area contributed by atoms with Gasteiger partial charge in [0.25, 0.3) is 5.91 Å². The van der Waals surface area contributed by atoms with Crippen LogP contribution in [-0.4, -0.2) is 24.1 Å². The van der Waals surface area contributed by atoms with Gasteiger partial charge >= 0.3 is 0 Å². The molecule has 1 amide bonds. The van der Waals surface area contributed by atoms with Crippen LogP contribution in [0.4, 0.5) is 0 Å². The monoisotopic (exact) mass is 311 g/mol. The van der Waals surface area contributed by atoms with Crippen LogP contribution in [-0.2, 0) is 6.54 Å². The molecule has 3 rings (SSSR count). The van der Waals surface area contributed by atoms with E-state index in [0.29, 0.717) is 13.1 Å².